The minimum atomic E-state index is -4.82. The van der Waals surface area contributed by atoms with Crippen LogP contribution in [0.5, 0.6) is 11.5 Å². The Labute approximate surface area is 348 Å². The van der Waals surface area contributed by atoms with Crippen molar-refractivity contribution in [1.29, 1.82) is 10.5 Å². The molecule has 3 heterocycles. The van der Waals surface area contributed by atoms with Gasteiger partial charge in [-0.05, 0) is 37.6 Å². The maximum atomic E-state index is 13.1. The SMILES string of the molecule is CCCCCCCCCCCCCCCCCCOC[C@H](COP(=O)(O)OC[C@H]1O[C@@](C#N)(c2ccc3c(N)ncnn23)[C@H](O)[C@@H]1O)Oc1ccc(C#N)c(OCC)c1. The summed E-state index contributed by atoms with van der Waals surface area (Å²) in [5.41, 5.74) is 4.53. The summed E-state index contributed by atoms with van der Waals surface area (Å²) < 4.78 is 48.3. The first-order chi connectivity index (χ1) is 28.6. The van der Waals surface area contributed by atoms with Gasteiger partial charge < -0.3 is 39.8 Å². The van der Waals surface area contributed by atoms with E-state index in [-0.39, 0.29) is 18.1 Å². The standard InChI is InChI=1S/C42H63N6O10P/c1-3-5-6-7-8-9-10-11-12-13-14-15-16-17-18-19-24-53-27-34(57-33-21-20-32(26-43)36(25-33)54-4-2)28-55-59(51,52)56-29-37-39(49)40(50)42(30-44,58-37)38-23-22-35-41(45)46-31-47-48(35)38/h20-23,25,31,34,37,39-40,49-50H,3-19,24,27-29H2,1-2H3,(H,51,52)(H2,45,46,47)/t34-,37-,39-,40-,42+/m1/s1. The van der Waals surface area contributed by atoms with Crippen LogP contribution in [0.4, 0.5) is 5.82 Å². The van der Waals surface area contributed by atoms with Crippen molar-refractivity contribution in [3.63, 3.8) is 0 Å². The smallest absolute Gasteiger partial charge is 0.472 e. The van der Waals surface area contributed by atoms with Crippen molar-refractivity contribution in [3.05, 3.63) is 47.9 Å². The number of rotatable bonds is 30. The highest BCUT2D eigenvalue weighted by atomic mass is 31.2. The molecule has 16 nitrogen and oxygen atoms in total. The number of phosphoric ester groups is 1. The Balaban J connectivity index is 1.23. The number of aliphatic hydroxyl groups excluding tert-OH is 2. The second-order valence-electron chi connectivity index (χ2n) is 15.0. The van der Waals surface area contributed by atoms with Gasteiger partial charge in [-0.3, -0.25) is 9.05 Å². The van der Waals surface area contributed by atoms with Gasteiger partial charge in [-0.1, -0.05) is 103 Å². The van der Waals surface area contributed by atoms with Crippen LogP contribution in [0, 0.1) is 22.7 Å². The number of benzene rings is 1. The van der Waals surface area contributed by atoms with Crippen LogP contribution in [0.2, 0.25) is 0 Å². The Hall–Kier alpha value is -3.83. The molecule has 0 spiro atoms. The number of nitrogens with zero attached hydrogens (tertiary/aromatic N) is 5. The Morgan fingerprint density at radius 1 is 0.915 bits per heavy atom. The fraction of sp³-hybridized carbons (Fsp3) is 0.667. The van der Waals surface area contributed by atoms with Crippen molar-refractivity contribution in [2.75, 3.05) is 38.8 Å². The van der Waals surface area contributed by atoms with Gasteiger partial charge in [-0.15, -0.1) is 0 Å². The number of nitriles is 2. The highest BCUT2D eigenvalue weighted by molar-refractivity contribution is 7.47. The van der Waals surface area contributed by atoms with Crippen molar-refractivity contribution in [1.82, 2.24) is 14.6 Å². The normalized spacial score (nSPS) is 20.6. The topological polar surface area (TPSA) is 237 Å². The van der Waals surface area contributed by atoms with Crippen LogP contribution >= 0.6 is 7.82 Å². The molecule has 0 saturated carbocycles. The predicted molar refractivity (Wildman–Crippen MR) is 220 cm³/mol. The van der Waals surface area contributed by atoms with E-state index in [9.17, 15) is 30.2 Å². The first kappa shape index (κ1) is 47.8. The van der Waals surface area contributed by atoms with Crippen LogP contribution in [0.15, 0.2) is 36.7 Å². The van der Waals surface area contributed by atoms with E-state index >= 15 is 0 Å². The molecule has 0 radical (unpaired) electrons. The number of aliphatic hydroxyl groups is 2. The van der Waals surface area contributed by atoms with Crippen molar-refractivity contribution in [2.45, 2.75) is 147 Å². The molecule has 1 aliphatic rings. The summed E-state index contributed by atoms with van der Waals surface area (Å²) >= 11 is 0. The van der Waals surface area contributed by atoms with Gasteiger partial charge in [-0.2, -0.15) is 15.6 Å². The van der Waals surface area contributed by atoms with Crippen LogP contribution in [-0.2, 0) is 28.7 Å². The molecule has 6 atom stereocenters. The zero-order valence-corrected chi connectivity index (χ0v) is 35.5. The molecule has 0 bridgehead atoms. The summed E-state index contributed by atoms with van der Waals surface area (Å²) in [6, 6.07) is 11.7. The van der Waals surface area contributed by atoms with E-state index in [1.54, 1.807) is 25.1 Å². The minimum Gasteiger partial charge on any atom is -0.492 e. The van der Waals surface area contributed by atoms with Gasteiger partial charge in [0.2, 0.25) is 5.60 Å². The fourth-order valence-corrected chi connectivity index (χ4v) is 7.92. The molecule has 17 heteroatoms. The number of hydrogen-bond donors (Lipinski definition) is 4. The van der Waals surface area contributed by atoms with Crippen LogP contribution in [0.3, 0.4) is 0 Å². The van der Waals surface area contributed by atoms with Gasteiger partial charge in [0, 0.05) is 12.7 Å². The summed E-state index contributed by atoms with van der Waals surface area (Å²) in [5, 5.41) is 45.6. The lowest BCUT2D eigenvalue weighted by Gasteiger charge is -2.24. The number of hydrogen-bond acceptors (Lipinski definition) is 14. The molecule has 0 amide bonds. The second kappa shape index (κ2) is 25.1. The number of phosphoric acid groups is 1. The molecule has 59 heavy (non-hydrogen) atoms. The van der Waals surface area contributed by atoms with Crippen molar-refractivity contribution in [3.8, 4) is 23.6 Å². The van der Waals surface area contributed by atoms with Crippen molar-refractivity contribution >= 4 is 19.2 Å². The van der Waals surface area contributed by atoms with Crippen LogP contribution in [0.25, 0.3) is 5.52 Å². The van der Waals surface area contributed by atoms with Gasteiger partial charge in [0.05, 0.1) is 37.7 Å². The fourth-order valence-electron chi connectivity index (χ4n) is 7.15. The number of nitrogens with two attached hydrogens (primary N) is 1. The average Bonchev–Trinajstić information content (AvgIpc) is 3.78. The van der Waals surface area contributed by atoms with E-state index in [0.29, 0.717) is 35.8 Å². The molecule has 326 valence electrons. The van der Waals surface area contributed by atoms with Gasteiger partial charge in [0.25, 0.3) is 0 Å². The molecule has 1 fully saturated rings. The van der Waals surface area contributed by atoms with E-state index in [1.165, 1.54) is 100 Å². The molecule has 3 aromatic rings. The maximum Gasteiger partial charge on any atom is 0.472 e. The average molecular weight is 843 g/mol. The third-order valence-electron chi connectivity index (χ3n) is 10.4. The molecular weight excluding hydrogens is 779 g/mol. The number of anilines is 1. The molecule has 1 aliphatic heterocycles. The molecule has 1 saturated heterocycles. The predicted octanol–water partition coefficient (Wildman–Crippen LogP) is 7.28. The largest absolute Gasteiger partial charge is 0.492 e. The lowest BCUT2D eigenvalue weighted by atomic mass is 9.92. The highest BCUT2D eigenvalue weighted by Crippen LogP contribution is 2.46. The Bertz CT molecular complexity index is 1840. The summed E-state index contributed by atoms with van der Waals surface area (Å²) in [4.78, 5) is 14.6. The van der Waals surface area contributed by atoms with Gasteiger partial charge in [0.15, 0.2) is 5.82 Å². The third-order valence-corrected chi connectivity index (χ3v) is 11.4. The monoisotopic (exact) mass is 842 g/mol. The highest BCUT2D eigenvalue weighted by Gasteiger charge is 2.58. The number of nitrogen functional groups attached to an aromatic ring is 1. The van der Waals surface area contributed by atoms with Crippen molar-refractivity contribution in [2.24, 2.45) is 0 Å². The van der Waals surface area contributed by atoms with E-state index in [4.69, 9.17) is 33.7 Å². The van der Waals surface area contributed by atoms with Crippen LogP contribution in [-0.4, -0.2) is 87.2 Å². The molecule has 1 unspecified atom stereocenters. The first-order valence-electron chi connectivity index (χ1n) is 21.2. The Kier molecular flexibility index (Phi) is 20.3. The van der Waals surface area contributed by atoms with E-state index < -0.39 is 51.1 Å². The van der Waals surface area contributed by atoms with E-state index in [2.05, 4.69) is 23.1 Å². The van der Waals surface area contributed by atoms with E-state index in [1.807, 2.05) is 6.07 Å². The lowest BCUT2D eigenvalue weighted by molar-refractivity contribution is -0.0651. The van der Waals surface area contributed by atoms with Crippen LogP contribution in [0.1, 0.15) is 128 Å². The molecule has 4 rings (SSSR count). The first-order valence-corrected chi connectivity index (χ1v) is 22.7. The summed E-state index contributed by atoms with van der Waals surface area (Å²) in [5.74, 6) is 0.773. The number of unbranched alkanes of at least 4 members (excludes halogenated alkanes) is 15. The maximum absolute atomic E-state index is 13.1. The molecule has 1 aromatic carbocycles. The zero-order valence-electron chi connectivity index (χ0n) is 34.6. The lowest BCUT2D eigenvalue weighted by Crippen LogP contribution is -2.41. The number of ether oxygens (including phenoxy) is 4. The second-order valence-corrected chi connectivity index (χ2v) is 16.4. The summed E-state index contributed by atoms with van der Waals surface area (Å²) in [6.45, 7) is 3.69. The van der Waals surface area contributed by atoms with E-state index in [0.717, 1.165) is 25.6 Å². The van der Waals surface area contributed by atoms with Gasteiger partial charge in [-0.25, -0.2) is 14.1 Å². The molecule has 2 aromatic heterocycles. The quantitative estimate of drug-likeness (QED) is 0.0381. The Morgan fingerprint density at radius 2 is 1.56 bits per heavy atom. The van der Waals surface area contributed by atoms with Crippen LogP contribution < -0.4 is 15.2 Å². The van der Waals surface area contributed by atoms with Crippen molar-refractivity contribution < 1.29 is 47.7 Å². The minimum absolute atomic E-state index is 0.0172. The Morgan fingerprint density at radius 3 is 2.17 bits per heavy atom. The number of aromatic nitrogens is 3. The summed E-state index contributed by atoms with van der Waals surface area (Å²) in [6.07, 6.45) is 15.6. The molecular formula is C42H63N6O10P. The molecule has 0 aliphatic carbocycles. The summed E-state index contributed by atoms with van der Waals surface area (Å²) in [7, 11) is -4.82. The third kappa shape index (κ3) is 14.4. The molecule has 5 N–H and O–H groups in total. The number of fused-ring (bicyclic) bond motifs is 1. The van der Waals surface area contributed by atoms with Gasteiger partial charge in [0.1, 0.15) is 59.9 Å². The van der Waals surface area contributed by atoms with Gasteiger partial charge >= 0.3 is 7.82 Å². The zero-order chi connectivity index (χ0) is 42.5.